The van der Waals surface area contributed by atoms with Gasteiger partial charge in [-0.25, -0.2) is 0 Å². The first-order valence-electron chi connectivity index (χ1n) is 12.1. The number of aryl methyl sites for hydroxylation is 2. The van der Waals surface area contributed by atoms with Gasteiger partial charge in [0, 0.05) is 24.3 Å². The van der Waals surface area contributed by atoms with Gasteiger partial charge in [0.15, 0.2) is 24.1 Å². The molecule has 6 heteroatoms. The average molecular weight is 443 g/mol. The molecular weight excluding hydrogens is 408 g/mol. The van der Waals surface area contributed by atoms with Crippen LogP contribution in [0.1, 0.15) is 83.2 Å². The summed E-state index contributed by atoms with van der Waals surface area (Å²) in [5, 5.41) is 0. The summed E-state index contributed by atoms with van der Waals surface area (Å²) < 4.78 is 22.9. The maximum Gasteiger partial charge on any atom is 0.186 e. The van der Waals surface area contributed by atoms with Crippen LogP contribution in [0.15, 0.2) is 24.3 Å². The number of fused-ring (bicyclic) bond motifs is 1. The van der Waals surface area contributed by atoms with Crippen molar-refractivity contribution in [1.29, 1.82) is 0 Å². The molecule has 4 rings (SSSR count). The second-order valence-corrected chi connectivity index (χ2v) is 8.78. The standard InChI is InChI=1S/C26H34O6/c27-22-11-12-23(28)26-20(8-6-16-32-25-10-2-4-14-30-25)17-19(18-21(22)26)7-5-15-31-24-9-1-3-13-29-24/h11-12,17-18,24-25H,1-10,13-16H2. The van der Waals surface area contributed by atoms with E-state index in [2.05, 4.69) is 6.07 Å². The van der Waals surface area contributed by atoms with Gasteiger partial charge in [-0.05, 0) is 93.6 Å². The Morgan fingerprint density at radius 3 is 2.03 bits per heavy atom. The van der Waals surface area contributed by atoms with E-state index >= 15 is 0 Å². The number of carbonyl (C=O) groups is 2. The van der Waals surface area contributed by atoms with Crippen LogP contribution in [-0.2, 0) is 31.8 Å². The highest BCUT2D eigenvalue weighted by Gasteiger charge is 2.23. The molecule has 2 fully saturated rings. The van der Waals surface area contributed by atoms with Crippen molar-refractivity contribution in [3.63, 3.8) is 0 Å². The topological polar surface area (TPSA) is 71.1 Å². The molecule has 0 radical (unpaired) electrons. The molecule has 2 aliphatic heterocycles. The van der Waals surface area contributed by atoms with Crippen LogP contribution in [0.2, 0.25) is 0 Å². The van der Waals surface area contributed by atoms with Crippen LogP contribution in [0, 0.1) is 0 Å². The normalized spacial score (nSPS) is 23.4. The van der Waals surface area contributed by atoms with Gasteiger partial charge < -0.3 is 18.9 Å². The lowest BCUT2D eigenvalue weighted by atomic mass is 9.86. The number of benzene rings is 1. The molecule has 2 unspecified atom stereocenters. The Balaban J connectivity index is 1.35. The van der Waals surface area contributed by atoms with Crippen molar-refractivity contribution >= 4 is 11.6 Å². The van der Waals surface area contributed by atoms with Crippen LogP contribution in [0.25, 0.3) is 0 Å². The lowest BCUT2D eigenvalue weighted by Crippen LogP contribution is -2.23. The molecule has 0 bridgehead atoms. The molecule has 0 saturated carbocycles. The first kappa shape index (κ1) is 23.3. The van der Waals surface area contributed by atoms with Gasteiger partial charge in [0.05, 0.1) is 13.2 Å². The van der Waals surface area contributed by atoms with Crippen molar-refractivity contribution < 1.29 is 28.5 Å². The van der Waals surface area contributed by atoms with Crippen molar-refractivity contribution in [1.82, 2.24) is 0 Å². The summed E-state index contributed by atoms with van der Waals surface area (Å²) in [6.45, 7) is 2.74. The van der Waals surface area contributed by atoms with E-state index in [4.69, 9.17) is 18.9 Å². The van der Waals surface area contributed by atoms with E-state index in [1.54, 1.807) is 0 Å². The Kier molecular flexibility index (Phi) is 8.62. The van der Waals surface area contributed by atoms with Crippen molar-refractivity contribution in [2.24, 2.45) is 0 Å². The van der Waals surface area contributed by atoms with Gasteiger partial charge in [0.2, 0.25) is 0 Å². The minimum Gasteiger partial charge on any atom is -0.353 e. The number of allylic oxidation sites excluding steroid dienone is 2. The Morgan fingerprint density at radius 1 is 0.781 bits per heavy atom. The predicted octanol–water partition coefficient (Wildman–Crippen LogP) is 4.57. The lowest BCUT2D eigenvalue weighted by Gasteiger charge is -2.23. The molecule has 2 atom stereocenters. The third kappa shape index (κ3) is 6.35. The SMILES string of the molecule is O=C1C=CC(=O)c2c(CCCOC3CCCCO3)cc(CCCOC3CCCCO3)cc21. The Hall–Kier alpha value is -1.86. The smallest absolute Gasteiger partial charge is 0.186 e. The molecule has 0 amide bonds. The van der Waals surface area contributed by atoms with Gasteiger partial charge in [-0.1, -0.05) is 6.07 Å². The number of ether oxygens (including phenoxy) is 4. The van der Waals surface area contributed by atoms with Gasteiger partial charge in [-0.15, -0.1) is 0 Å². The summed E-state index contributed by atoms with van der Waals surface area (Å²) >= 11 is 0. The minimum atomic E-state index is -0.108. The van der Waals surface area contributed by atoms with Crippen molar-refractivity contribution in [2.75, 3.05) is 26.4 Å². The van der Waals surface area contributed by atoms with Crippen molar-refractivity contribution in [3.8, 4) is 0 Å². The van der Waals surface area contributed by atoms with Crippen LogP contribution in [0.5, 0.6) is 0 Å². The van der Waals surface area contributed by atoms with Gasteiger partial charge >= 0.3 is 0 Å². The fourth-order valence-electron chi connectivity index (χ4n) is 4.57. The first-order valence-corrected chi connectivity index (χ1v) is 12.1. The maximum absolute atomic E-state index is 12.6. The number of rotatable bonds is 10. The zero-order valence-electron chi connectivity index (χ0n) is 18.8. The van der Waals surface area contributed by atoms with E-state index < -0.39 is 0 Å². The molecule has 0 N–H and O–H groups in total. The maximum atomic E-state index is 12.6. The van der Waals surface area contributed by atoms with E-state index in [0.717, 1.165) is 82.1 Å². The molecular formula is C26H34O6. The van der Waals surface area contributed by atoms with Crippen molar-refractivity contribution in [2.45, 2.75) is 76.8 Å². The average Bonchev–Trinajstić information content (AvgIpc) is 2.83. The van der Waals surface area contributed by atoms with E-state index in [0.29, 0.717) is 30.8 Å². The molecule has 174 valence electrons. The monoisotopic (exact) mass is 442 g/mol. The third-order valence-electron chi connectivity index (χ3n) is 6.26. The lowest BCUT2D eigenvalue weighted by molar-refractivity contribution is -0.162. The quantitative estimate of drug-likeness (QED) is 0.494. The van der Waals surface area contributed by atoms with Crippen LogP contribution in [0.3, 0.4) is 0 Å². The molecule has 6 nitrogen and oxygen atoms in total. The second-order valence-electron chi connectivity index (χ2n) is 8.78. The summed E-state index contributed by atoms with van der Waals surface area (Å²) in [5.74, 6) is -0.183. The molecule has 1 aliphatic carbocycles. The number of hydrogen-bond acceptors (Lipinski definition) is 6. The number of ketones is 2. The predicted molar refractivity (Wildman–Crippen MR) is 120 cm³/mol. The van der Waals surface area contributed by atoms with Crippen LogP contribution in [-0.4, -0.2) is 50.6 Å². The molecule has 0 aromatic heterocycles. The number of carbonyl (C=O) groups excluding carboxylic acids is 2. The number of hydrogen-bond donors (Lipinski definition) is 0. The van der Waals surface area contributed by atoms with Crippen LogP contribution >= 0.6 is 0 Å². The van der Waals surface area contributed by atoms with Gasteiger partial charge in [-0.2, -0.15) is 0 Å². The third-order valence-corrected chi connectivity index (χ3v) is 6.26. The van der Waals surface area contributed by atoms with Gasteiger partial charge in [0.1, 0.15) is 0 Å². The minimum absolute atomic E-state index is 0.0830. The molecule has 3 aliphatic rings. The van der Waals surface area contributed by atoms with Crippen molar-refractivity contribution in [3.05, 3.63) is 46.5 Å². The zero-order chi connectivity index (χ0) is 22.2. The summed E-state index contributed by atoms with van der Waals surface area (Å²) in [6.07, 6.45) is 12.1. The zero-order valence-corrected chi connectivity index (χ0v) is 18.8. The van der Waals surface area contributed by atoms with Gasteiger partial charge in [-0.3, -0.25) is 9.59 Å². The largest absolute Gasteiger partial charge is 0.353 e. The molecule has 1 aromatic carbocycles. The van der Waals surface area contributed by atoms with E-state index in [-0.39, 0.29) is 24.1 Å². The second kappa shape index (κ2) is 11.8. The van der Waals surface area contributed by atoms with E-state index in [9.17, 15) is 9.59 Å². The van der Waals surface area contributed by atoms with Crippen LogP contribution < -0.4 is 0 Å². The highest BCUT2D eigenvalue weighted by atomic mass is 16.7. The first-order chi connectivity index (χ1) is 15.7. The fraction of sp³-hybridized carbons (Fsp3) is 0.615. The van der Waals surface area contributed by atoms with Crippen LogP contribution in [0.4, 0.5) is 0 Å². The van der Waals surface area contributed by atoms with Gasteiger partial charge in [0.25, 0.3) is 0 Å². The molecule has 2 heterocycles. The Morgan fingerprint density at radius 2 is 1.41 bits per heavy atom. The van der Waals surface area contributed by atoms with E-state index in [1.807, 2.05) is 6.07 Å². The highest BCUT2D eigenvalue weighted by Crippen LogP contribution is 2.26. The Bertz CT molecular complexity index is 818. The fourth-order valence-corrected chi connectivity index (χ4v) is 4.57. The molecule has 2 saturated heterocycles. The summed E-state index contributed by atoms with van der Waals surface area (Å²) in [4.78, 5) is 25.0. The molecule has 1 aromatic rings. The molecule has 0 spiro atoms. The Labute approximate surface area is 190 Å². The highest BCUT2D eigenvalue weighted by molar-refractivity contribution is 6.22. The van der Waals surface area contributed by atoms with E-state index in [1.165, 1.54) is 12.2 Å². The summed E-state index contributed by atoms with van der Waals surface area (Å²) in [6, 6.07) is 3.96. The summed E-state index contributed by atoms with van der Waals surface area (Å²) in [7, 11) is 0. The molecule has 32 heavy (non-hydrogen) atoms. The summed E-state index contributed by atoms with van der Waals surface area (Å²) in [5.41, 5.74) is 3.09.